The predicted octanol–water partition coefficient (Wildman–Crippen LogP) is 3.07. The second kappa shape index (κ2) is 5.90. The van der Waals surface area contributed by atoms with Crippen molar-refractivity contribution in [1.82, 2.24) is 0 Å². The standard InChI is InChI=1S/C13H16N2O2/c1-9(2)8-17-13(16)15-12-6-11(7-14)5-4-10(12)3/h4-6,9H,8H2,1-3H3,(H,15,16). The number of rotatable bonds is 3. The first kappa shape index (κ1) is 13.0. The minimum absolute atomic E-state index is 0.298. The Morgan fingerprint density at radius 1 is 1.53 bits per heavy atom. The molecule has 1 N–H and O–H groups in total. The molecule has 0 aliphatic carbocycles. The van der Waals surface area contributed by atoms with E-state index in [1.165, 1.54) is 0 Å². The minimum atomic E-state index is -0.489. The molecular weight excluding hydrogens is 216 g/mol. The molecule has 0 unspecified atom stereocenters. The zero-order valence-electron chi connectivity index (χ0n) is 10.3. The van der Waals surface area contributed by atoms with Gasteiger partial charge in [0.25, 0.3) is 0 Å². The van der Waals surface area contributed by atoms with Crippen molar-refractivity contribution in [3.8, 4) is 6.07 Å². The van der Waals surface area contributed by atoms with Gasteiger partial charge in [-0.25, -0.2) is 4.79 Å². The molecule has 0 saturated carbocycles. The number of aryl methyl sites for hydroxylation is 1. The fourth-order valence-corrected chi connectivity index (χ4v) is 1.21. The average molecular weight is 232 g/mol. The van der Waals surface area contributed by atoms with Crippen LogP contribution < -0.4 is 5.32 Å². The Kier molecular flexibility index (Phi) is 4.53. The third-order valence-corrected chi connectivity index (χ3v) is 2.15. The van der Waals surface area contributed by atoms with E-state index in [1.807, 2.05) is 26.8 Å². The second-order valence-electron chi connectivity index (χ2n) is 4.26. The van der Waals surface area contributed by atoms with Gasteiger partial charge in [0.1, 0.15) is 0 Å². The minimum Gasteiger partial charge on any atom is -0.449 e. The number of carbonyl (C=O) groups is 1. The van der Waals surface area contributed by atoms with Crippen molar-refractivity contribution in [3.05, 3.63) is 29.3 Å². The molecule has 0 aliphatic heterocycles. The molecule has 4 heteroatoms. The SMILES string of the molecule is Cc1ccc(C#N)cc1NC(=O)OCC(C)C. The maximum Gasteiger partial charge on any atom is 0.411 e. The van der Waals surface area contributed by atoms with Gasteiger partial charge in [-0.15, -0.1) is 0 Å². The molecule has 1 rings (SSSR count). The summed E-state index contributed by atoms with van der Waals surface area (Å²) in [5, 5.41) is 11.4. The summed E-state index contributed by atoms with van der Waals surface area (Å²) in [4.78, 5) is 11.5. The summed E-state index contributed by atoms with van der Waals surface area (Å²) >= 11 is 0. The second-order valence-corrected chi connectivity index (χ2v) is 4.26. The van der Waals surface area contributed by atoms with E-state index in [4.69, 9.17) is 10.00 Å². The van der Waals surface area contributed by atoms with Crippen molar-refractivity contribution in [2.45, 2.75) is 20.8 Å². The quantitative estimate of drug-likeness (QED) is 0.871. The summed E-state index contributed by atoms with van der Waals surface area (Å²) in [6.07, 6.45) is -0.489. The van der Waals surface area contributed by atoms with E-state index in [0.717, 1.165) is 5.56 Å². The van der Waals surface area contributed by atoms with Gasteiger partial charge in [-0.1, -0.05) is 19.9 Å². The molecule has 0 saturated heterocycles. The van der Waals surface area contributed by atoms with Gasteiger partial charge >= 0.3 is 6.09 Å². The summed E-state index contributed by atoms with van der Waals surface area (Å²) in [5.74, 6) is 0.298. The van der Waals surface area contributed by atoms with Crippen molar-refractivity contribution in [2.75, 3.05) is 11.9 Å². The number of carbonyl (C=O) groups excluding carboxylic acids is 1. The van der Waals surface area contributed by atoms with E-state index in [9.17, 15) is 4.79 Å². The van der Waals surface area contributed by atoms with Crippen LogP contribution in [0.3, 0.4) is 0 Å². The summed E-state index contributed by atoms with van der Waals surface area (Å²) < 4.78 is 5.00. The van der Waals surface area contributed by atoms with E-state index in [-0.39, 0.29) is 0 Å². The first-order chi connectivity index (χ1) is 8.02. The Labute approximate surface area is 101 Å². The molecule has 1 aromatic rings. The first-order valence-electron chi connectivity index (χ1n) is 5.47. The zero-order valence-corrected chi connectivity index (χ0v) is 10.3. The third kappa shape index (κ3) is 4.15. The van der Waals surface area contributed by atoms with E-state index in [0.29, 0.717) is 23.8 Å². The molecule has 17 heavy (non-hydrogen) atoms. The lowest BCUT2D eigenvalue weighted by atomic mass is 10.1. The molecule has 4 nitrogen and oxygen atoms in total. The van der Waals surface area contributed by atoms with Gasteiger partial charge in [-0.05, 0) is 30.5 Å². The van der Waals surface area contributed by atoms with Crippen molar-refractivity contribution >= 4 is 11.8 Å². The monoisotopic (exact) mass is 232 g/mol. The van der Waals surface area contributed by atoms with E-state index >= 15 is 0 Å². The molecule has 0 atom stereocenters. The Morgan fingerprint density at radius 3 is 2.82 bits per heavy atom. The molecule has 0 aliphatic rings. The largest absolute Gasteiger partial charge is 0.449 e. The summed E-state index contributed by atoms with van der Waals surface area (Å²) in [6.45, 7) is 6.17. The van der Waals surface area contributed by atoms with Crippen LogP contribution in [0.5, 0.6) is 0 Å². The van der Waals surface area contributed by atoms with Crippen LogP contribution in [0.2, 0.25) is 0 Å². The highest BCUT2D eigenvalue weighted by Crippen LogP contribution is 2.16. The van der Waals surface area contributed by atoms with Crippen molar-refractivity contribution in [1.29, 1.82) is 5.26 Å². The number of nitrogens with one attached hydrogen (secondary N) is 1. The molecule has 0 heterocycles. The first-order valence-corrected chi connectivity index (χ1v) is 5.47. The van der Waals surface area contributed by atoms with Crippen molar-refractivity contribution in [2.24, 2.45) is 5.92 Å². The molecule has 0 radical (unpaired) electrons. The lowest BCUT2D eigenvalue weighted by Gasteiger charge is -2.10. The zero-order chi connectivity index (χ0) is 12.8. The molecule has 0 fully saturated rings. The third-order valence-electron chi connectivity index (χ3n) is 2.15. The van der Waals surface area contributed by atoms with Gasteiger partial charge in [0.15, 0.2) is 0 Å². The Morgan fingerprint density at radius 2 is 2.24 bits per heavy atom. The summed E-state index contributed by atoms with van der Waals surface area (Å²) in [7, 11) is 0. The highest BCUT2D eigenvalue weighted by molar-refractivity contribution is 5.85. The molecular formula is C13H16N2O2. The number of amides is 1. The number of benzene rings is 1. The van der Waals surface area contributed by atoms with Crippen LogP contribution in [-0.4, -0.2) is 12.7 Å². The molecule has 90 valence electrons. The van der Waals surface area contributed by atoms with Gasteiger partial charge in [-0.2, -0.15) is 5.26 Å². The molecule has 0 bridgehead atoms. The number of hydrogen-bond acceptors (Lipinski definition) is 3. The summed E-state index contributed by atoms with van der Waals surface area (Å²) in [6, 6.07) is 7.15. The topological polar surface area (TPSA) is 62.1 Å². The number of nitriles is 1. The van der Waals surface area contributed by atoms with Crippen LogP contribution in [0.4, 0.5) is 10.5 Å². The van der Waals surface area contributed by atoms with Gasteiger partial charge < -0.3 is 4.74 Å². The lowest BCUT2D eigenvalue weighted by molar-refractivity contribution is 0.147. The molecule has 1 aromatic carbocycles. The van der Waals surface area contributed by atoms with Crippen LogP contribution >= 0.6 is 0 Å². The van der Waals surface area contributed by atoms with Crippen LogP contribution in [0, 0.1) is 24.2 Å². The van der Waals surface area contributed by atoms with Gasteiger partial charge in [0.05, 0.1) is 18.2 Å². The fraction of sp³-hybridized carbons (Fsp3) is 0.385. The number of hydrogen-bond donors (Lipinski definition) is 1. The predicted molar refractivity (Wildman–Crippen MR) is 65.7 cm³/mol. The summed E-state index contributed by atoms with van der Waals surface area (Å²) in [5.41, 5.74) is 2.01. The highest BCUT2D eigenvalue weighted by atomic mass is 16.5. The van der Waals surface area contributed by atoms with E-state index in [1.54, 1.807) is 18.2 Å². The van der Waals surface area contributed by atoms with Gasteiger partial charge in [-0.3, -0.25) is 5.32 Å². The highest BCUT2D eigenvalue weighted by Gasteiger charge is 2.07. The maximum atomic E-state index is 11.5. The smallest absolute Gasteiger partial charge is 0.411 e. The van der Waals surface area contributed by atoms with Crippen LogP contribution in [0.25, 0.3) is 0 Å². The Balaban J connectivity index is 2.68. The number of anilines is 1. The maximum absolute atomic E-state index is 11.5. The van der Waals surface area contributed by atoms with Gasteiger partial charge in [0, 0.05) is 5.69 Å². The average Bonchev–Trinajstić information content (AvgIpc) is 2.29. The lowest BCUT2D eigenvalue weighted by Crippen LogP contribution is -2.17. The number of nitrogens with zero attached hydrogens (tertiary/aromatic N) is 1. The number of ether oxygens (including phenoxy) is 1. The van der Waals surface area contributed by atoms with Crippen molar-refractivity contribution < 1.29 is 9.53 Å². The van der Waals surface area contributed by atoms with E-state index < -0.39 is 6.09 Å². The van der Waals surface area contributed by atoms with Crippen LogP contribution in [-0.2, 0) is 4.74 Å². The van der Waals surface area contributed by atoms with E-state index in [2.05, 4.69) is 5.32 Å². The molecule has 1 amide bonds. The van der Waals surface area contributed by atoms with Gasteiger partial charge in [0.2, 0.25) is 0 Å². The fourth-order valence-electron chi connectivity index (χ4n) is 1.21. The Bertz CT molecular complexity index is 447. The normalized spacial score (nSPS) is 9.82. The molecule has 0 spiro atoms. The van der Waals surface area contributed by atoms with Crippen LogP contribution in [0.15, 0.2) is 18.2 Å². The Hall–Kier alpha value is -2.02. The van der Waals surface area contributed by atoms with Crippen molar-refractivity contribution in [3.63, 3.8) is 0 Å². The van der Waals surface area contributed by atoms with Crippen LogP contribution in [0.1, 0.15) is 25.0 Å². The molecule has 0 aromatic heterocycles.